The zero-order chi connectivity index (χ0) is 20.1. The van der Waals surface area contributed by atoms with Crippen LogP contribution in [0, 0.1) is 5.92 Å². The number of hydrogen-bond donors (Lipinski definition) is 3. The van der Waals surface area contributed by atoms with Gasteiger partial charge in [-0.1, -0.05) is 25.4 Å². The summed E-state index contributed by atoms with van der Waals surface area (Å²) in [5.74, 6) is 1.13. The number of H-pyrrole nitrogens is 1. The third-order valence-corrected chi connectivity index (χ3v) is 5.52. The summed E-state index contributed by atoms with van der Waals surface area (Å²) in [5.41, 5.74) is 2.34. The zero-order valence-electron chi connectivity index (χ0n) is 17.3. The van der Waals surface area contributed by atoms with E-state index < -0.39 is 0 Å². The lowest BCUT2D eigenvalue weighted by Crippen LogP contribution is -2.50. The number of nitrogens with one attached hydrogen (secondary N) is 3. The summed E-state index contributed by atoms with van der Waals surface area (Å²) in [7, 11) is 1.79. The number of nitrogens with zero attached hydrogens (tertiary/aromatic N) is 2. The van der Waals surface area contributed by atoms with Gasteiger partial charge in [0.2, 0.25) is 5.91 Å². The highest BCUT2D eigenvalue weighted by atomic mass is 127. The van der Waals surface area contributed by atoms with Crippen molar-refractivity contribution in [3.05, 3.63) is 35.0 Å². The number of halogens is 2. The number of guanidine groups is 1. The predicted molar refractivity (Wildman–Crippen MR) is 131 cm³/mol. The lowest BCUT2D eigenvalue weighted by Gasteiger charge is -2.34. The molecule has 29 heavy (non-hydrogen) atoms. The number of piperidine rings is 1. The van der Waals surface area contributed by atoms with Crippen molar-refractivity contribution in [2.24, 2.45) is 10.9 Å². The number of benzene rings is 1. The molecule has 8 heteroatoms. The second-order valence-corrected chi connectivity index (χ2v) is 8.09. The SMILES string of the molecule is CN=C(NCCc1c[nH]c2ccc(Cl)cc12)NC1CCN(C(=O)C(C)C)CC1.I. The number of amides is 1. The molecule has 1 aliphatic rings. The number of rotatable bonds is 5. The Morgan fingerprint density at radius 2 is 2.07 bits per heavy atom. The fourth-order valence-electron chi connectivity index (χ4n) is 3.67. The molecular formula is C21H31ClIN5O. The van der Waals surface area contributed by atoms with E-state index in [0.717, 1.165) is 55.4 Å². The molecule has 1 aliphatic heterocycles. The lowest BCUT2D eigenvalue weighted by atomic mass is 10.0. The van der Waals surface area contributed by atoms with Gasteiger partial charge in [-0.2, -0.15) is 0 Å². The van der Waals surface area contributed by atoms with Crippen molar-refractivity contribution in [2.45, 2.75) is 39.2 Å². The first-order valence-corrected chi connectivity index (χ1v) is 10.4. The zero-order valence-corrected chi connectivity index (χ0v) is 20.4. The number of aromatic amines is 1. The van der Waals surface area contributed by atoms with Crippen LogP contribution in [0.2, 0.25) is 5.02 Å². The summed E-state index contributed by atoms with van der Waals surface area (Å²) >= 11 is 6.13. The van der Waals surface area contributed by atoms with Crippen LogP contribution in [0.5, 0.6) is 0 Å². The Kier molecular flexibility index (Phi) is 9.07. The molecule has 1 aromatic carbocycles. The molecule has 0 spiro atoms. The average Bonchev–Trinajstić information content (AvgIpc) is 3.09. The molecular weight excluding hydrogens is 501 g/mol. The van der Waals surface area contributed by atoms with E-state index in [9.17, 15) is 4.79 Å². The van der Waals surface area contributed by atoms with Gasteiger partial charge in [0.05, 0.1) is 0 Å². The molecule has 3 rings (SSSR count). The number of aromatic nitrogens is 1. The maximum atomic E-state index is 12.1. The summed E-state index contributed by atoms with van der Waals surface area (Å²) in [4.78, 5) is 21.7. The minimum absolute atomic E-state index is 0. The lowest BCUT2D eigenvalue weighted by molar-refractivity contribution is -0.135. The third-order valence-electron chi connectivity index (χ3n) is 5.28. The second kappa shape index (κ2) is 11.1. The first kappa shape index (κ1) is 23.8. The molecule has 0 radical (unpaired) electrons. The molecule has 2 aromatic rings. The van der Waals surface area contributed by atoms with Gasteiger partial charge in [-0.3, -0.25) is 9.79 Å². The fourth-order valence-corrected chi connectivity index (χ4v) is 3.84. The van der Waals surface area contributed by atoms with Gasteiger partial charge in [0.1, 0.15) is 0 Å². The maximum absolute atomic E-state index is 12.1. The van der Waals surface area contributed by atoms with Crippen LogP contribution in [0.25, 0.3) is 10.9 Å². The van der Waals surface area contributed by atoms with Gasteiger partial charge < -0.3 is 20.5 Å². The van der Waals surface area contributed by atoms with Crippen LogP contribution in [0.15, 0.2) is 29.4 Å². The van der Waals surface area contributed by atoms with E-state index in [1.165, 1.54) is 10.9 Å². The highest BCUT2D eigenvalue weighted by Gasteiger charge is 2.24. The Morgan fingerprint density at radius 1 is 1.34 bits per heavy atom. The van der Waals surface area contributed by atoms with Gasteiger partial charge in [-0.05, 0) is 43.0 Å². The van der Waals surface area contributed by atoms with Gasteiger partial charge in [0.15, 0.2) is 5.96 Å². The molecule has 2 heterocycles. The van der Waals surface area contributed by atoms with E-state index in [1.54, 1.807) is 7.05 Å². The third kappa shape index (κ3) is 6.25. The largest absolute Gasteiger partial charge is 0.361 e. The Bertz CT molecular complexity index is 843. The van der Waals surface area contributed by atoms with E-state index in [0.29, 0.717) is 6.04 Å². The van der Waals surface area contributed by atoms with E-state index in [1.807, 2.05) is 43.1 Å². The van der Waals surface area contributed by atoms with Gasteiger partial charge in [0, 0.05) is 60.8 Å². The molecule has 1 aromatic heterocycles. The van der Waals surface area contributed by atoms with Crippen LogP contribution in [0.4, 0.5) is 0 Å². The summed E-state index contributed by atoms with van der Waals surface area (Å²) in [5, 5.41) is 8.81. The Balaban J connectivity index is 0.00000300. The fraction of sp³-hybridized carbons (Fsp3) is 0.524. The molecule has 160 valence electrons. The molecule has 1 fully saturated rings. The highest BCUT2D eigenvalue weighted by Crippen LogP contribution is 2.22. The predicted octanol–water partition coefficient (Wildman–Crippen LogP) is 3.79. The molecule has 1 saturated heterocycles. The summed E-state index contributed by atoms with van der Waals surface area (Å²) < 4.78 is 0. The topological polar surface area (TPSA) is 72.5 Å². The van der Waals surface area contributed by atoms with Crippen molar-refractivity contribution in [1.29, 1.82) is 0 Å². The monoisotopic (exact) mass is 531 g/mol. The Labute approximate surface area is 194 Å². The average molecular weight is 532 g/mol. The first-order valence-electron chi connectivity index (χ1n) is 9.99. The Hall–Kier alpha value is -1.48. The van der Waals surface area contributed by atoms with Gasteiger partial charge in [0.25, 0.3) is 0 Å². The maximum Gasteiger partial charge on any atom is 0.225 e. The van der Waals surface area contributed by atoms with E-state index in [4.69, 9.17) is 11.6 Å². The second-order valence-electron chi connectivity index (χ2n) is 7.65. The summed E-state index contributed by atoms with van der Waals surface area (Å²) in [6.45, 7) is 6.31. The molecule has 0 aliphatic carbocycles. The van der Waals surface area contributed by atoms with Crippen molar-refractivity contribution in [2.75, 3.05) is 26.7 Å². The van der Waals surface area contributed by atoms with Crippen molar-refractivity contribution >= 4 is 58.3 Å². The minimum atomic E-state index is 0. The van der Waals surface area contributed by atoms with Gasteiger partial charge in [-0.15, -0.1) is 24.0 Å². The minimum Gasteiger partial charge on any atom is -0.361 e. The highest BCUT2D eigenvalue weighted by molar-refractivity contribution is 14.0. The summed E-state index contributed by atoms with van der Waals surface area (Å²) in [6.07, 6.45) is 4.81. The van der Waals surface area contributed by atoms with Crippen LogP contribution >= 0.6 is 35.6 Å². The van der Waals surface area contributed by atoms with Crippen molar-refractivity contribution < 1.29 is 4.79 Å². The van der Waals surface area contributed by atoms with Crippen molar-refractivity contribution in [3.63, 3.8) is 0 Å². The molecule has 0 atom stereocenters. The van der Waals surface area contributed by atoms with Crippen LogP contribution < -0.4 is 10.6 Å². The van der Waals surface area contributed by atoms with Crippen molar-refractivity contribution in [1.82, 2.24) is 20.5 Å². The number of fused-ring (bicyclic) bond motifs is 1. The smallest absolute Gasteiger partial charge is 0.225 e. The Morgan fingerprint density at radius 3 is 2.72 bits per heavy atom. The normalized spacial score (nSPS) is 15.5. The van der Waals surface area contributed by atoms with Gasteiger partial charge in [-0.25, -0.2) is 0 Å². The van der Waals surface area contributed by atoms with Crippen LogP contribution in [0.3, 0.4) is 0 Å². The number of hydrogen-bond acceptors (Lipinski definition) is 2. The van der Waals surface area contributed by atoms with E-state index >= 15 is 0 Å². The standard InChI is InChI=1S/C21H30ClN5O.HI/c1-14(2)20(28)27-10-7-17(8-11-27)26-21(23-3)24-9-6-15-13-25-19-5-4-16(22)12-18(15)19;/h4-5,12-14,17,25H,6-11H2,1-3H3,(H2,23,24,26);1H. The molecule has 0 unspecified atom stereocenters. The van der Waals surface area contributed by atoms with Gasteiger partial charge >= 0.3 is 0 Å². The molecule has 1 amide bonds. The molecule has 3 N–H and O–H groups in total. The molecule has 6 nitrogen and oxygen atoms in total. The number of carbonyl (C=O) groups is 1. The quantitative estimate of drug-likeness (QED) is 0.312. The van der Waals surface area contributed by atoms with Crippen LogP contribution in [-0.2, 0) is 11.2 Å². The van der Waals surface area contributed by atoms with Crippen molar-refractivity contribution in [3.8, 4) is 0 Å². The number of aliphatic imine (C=N–C) groups is 1. The molecule has 0 saturated carbocycles. The van der Waals surface area contributed by atoms with Crippen LogP contribution in [-0.4, -0.2) is 54.5 Å². The first-order chi connectivity index (χ1) is 13.5. The van der Waals surface area contributed by atoms with E-state index in [2.05, 4.69) is 20.6 Å². The number of carbonyl (C=O) groups excluding carboxylic acids is 1. The molecule has 0 bridgehead atoms. The van der Waals surface area contributed by atoms with Crippen LogP contribution in [0.1, 0.15) is 32.3 Å². The number of likely N-dealkylation sites (tertiary alicyclic amines) is 1. The summed E-state index contributed by atoms with van der Waals surface area (Å²) in [6, 6.07) is 6.25. The van der Waals surface area contributed by atoms with E-state index in [-0.39, 0.29) is 35.8 Å².